The average Bonchev–Trinajstić information content (AvgIpc) is 2.31. The van der Waals surface area contributed by atoms with Gasteiger partial charge in [-0.15, -0.1) is 0 Å². The zero-order valence-electron chi connectivity index (χ0n) is 9.01. The molecule has 0 bridgehead atoms. The van der Waals surface area contributed by atoms with Gasteiger partial charge in [-0.2, -0.15) is 0 Å². The first-order valence-corrected chi connectivity index (χ1v) is 4.70. The van der Waals surface area contributed by atoms with Gasteiger partial charge >= 0.3 is 0 Å². The number of rotatable bonds is 1. The normalized spacial score (nSPS) is 9.33. The molecule has 0 atom stereocenters. The van der Waals surface area contributed by atoms with Crippen molar-refractivity contribution in [3.05, 3.63) is 42.5 Å². The molecular formula is C12H16N2O. The lowest BCUT2D eigenvalue weighted by molar-refractivity contribution is 0.311. The van der Waals surface area contributed by atoms with Crippen LogP contribution >= 0.6 is 0 Å². The number of benzene rings is 2. The molecule has 3 N–H and O–H groups in total. The molecule has 15 heavy (non-hydrogen) atoms. The Morgan fingerprint density at radius 3 is 2.20 bits per heavy atom. The maximum Gasteiger partial charge on any atom is 0.0440 e. The molecule has 0 aliphatic carbocycles. The molecule has 0 saturated heterocycles. The van der Waals surface area contributed by atoms with E-state index in [4.69, 9.17) is 5.21 Å². The summed E-state index contributed by atoms with van der Waals surface area (Å²) in [6, 6.07) is 14.8. The molecular weight excluding hydrogens is 188 g/mol. The van der Waals surface area contributed by atoms with Crippen LogP contribution in [-0.2, 0) is 0 Å². The van der Waals surface area contributed by atoms with Crippen molar-refractivity contribution in [1.29, 1.82) is 0 Å². The first-order valence-electron chi connectivity index (χ1n) is 4.70. The summed E-state index contributed by atoms with van der Waals surface area (Å²) in [5.74, 6) is 3.50. The van der Waals surface area contributed by atoms with E-state index in [0.717, 1.165) is 0 Å². The number of hydrogen-bond donors (Lipinski definition) is 2. The van der Waals surface area contributed by atoms with Gasteiger partial charge in [0, 0.05) is 25.2 Å². The number of nitrogens with two attached hydrogens (primary N) is 1. The minimum absolute atomic E-state index is 1.28. The summed E-state index contributed by atoms with van der Waals surface area (Å²) in [5.41, 5.74) is 1.28. The van der Waals surface area contributed by atoms with Crippen molar-refractivity contribution in [1.82, 2.24) is 0 Å². The quantitative estimate of drug-likeness (QED) is 0.700. The maximum absolute atomic E-state index is 6.50. The Kier molecular flexibility index (Phi) is 4.09. The van der Waals surface area contributed by atoms with E-state index in [9.17, 15) is 0 Å². The smallest absolute Gasteiger partial charge is 0.0440 e. The van der Waals surface area contributed by atoms with Gasteiger partial charge in [-0.3, -0.25) is 0 Å². The number of fused-ring (bicyclic) bond motifs is 1. The average molecular weight is 204 g/mol. The molecule has 0 heterocycles. The predicted octanol–water partition coefficient (Wildman–Crippen LogP) is 2.24. The molecule has 2 aromatic carbocycles. The van der Waals surface area contributed by atoms with E-state index in [-0.39, 0.29) is 0 Å². The molecule has 0 saturated carbocycles. The number of anilines is 1. The minimum atomic E-state index is 1.28. The zero-order chi connectivity index (χ0) is 11.3. The summed E-state index contributed by atoms with van der Waals surface area (Å²) in [5, 5.41) is 9.11. The van der Waals surface area contributed by atoms with Gasteiger partial charge < -0.3 is 10.1 Å². The second-order valence-corrected chi connectivity index (χ2v) is 3.39. The maximum atomic E-state index is 6.50. The van der Waals surface area contributed by atoms with E-state index in [1.54, 1.807) is 0 Å². The highest BCUT2D eigenvalue weighted by molar-refractivity contribution is 5.94. The van der Waals surface area contributed by atoms with Gasteiger partial charge in [0.05, 0.1) is 0 Å². The van der Waals surface area contributed by atoms with Crippen LogP contribution in [0.1, 0.15) is 0 Å². The molecule has 0 aromatic heterocycles. The topological polar surface area (TPSA) is 49.5 Å². The fourth-order valence-corrected chi connectivity index (χ4v) is 1.60. The molecule has 0 radical (unpaired) electrons. The van der Waals surface area contributed by atoms with Crippen LogP contribution < -0.4 is 10.8 Å². The van der Waals surface area contributed by atoms with E-state index in [2.05, 4.69) is 67.4 Å². The van der Waals surface area contributed by atoms with Crippen molar-refractivity contribution >= 4 is 16.5 Å². The van der Waals surface area contributed by atoms with Crippen molar-refractivity contribution in [2.45, 2.75) is 0 Å². The van der Waals surface area contributed by atoms with Crippen LogP contribution in [0, 0.1) is 0 Å². The molecule has 3 heteroatoms. The van der Waals surface area contributed by atoms with Crippen molar-refractivity contribution in [2.24, 2.45) is 5.90 Å². The summed E-state index contributed by atoms with van der Waals surface area (Å²) in [4.78, 5) is 2.14. The second-order valence-electron chi connectivity index (χ2n) is 3.39. The lowest BCUT2D eigenvalue weighted by Gasteiger charge is -2.14. The predicted molar refractivity (Wildman–Crippen MR) is 64.2 cm³/mol. The fourth-order valence-electron chi connectivity index (χ4n) is 1.60. The highest BCUT2D eigenvalue weighted by atomic mass is 16.4. The molecule has 0 spiro atoms. The molecule has 2 rings (SSSR count). The van der Waals surface area contributed by atoms with Gasteiger partial charge in [-0.25, -0.2) is 5.90 Å². The lowest BCUT2D eigenvalue weighted by atomic mass is 10.1. The number of nitrogens with zero attached hydrogens (tertiary/aromatic N) is 1. The third kappa shape index (κ3) is 2.46. The molecule has 2 aromatic rings. The first-order chi connectivity index (χ1) is 7.29. The standard InChI is InChI=1S/C12H13N.H3NO/c1-13(2)12-9-5-7-10-6-3-4-8-11(10)12;1-2/h3-9H,1-2H3;2H,1H2. The van der Waals surface area contributed by atoms with Crippen LogP contribution in [0.4, 0.5) is 5.69 Å². The second kappa shape index (κ2) is 5.34. The van der Waals surface area contributed by atoms with E-state index in [1.165, 1.54) is 16.5 Å². The van der Waals surface area contributed by atoms with E-state index < -0.39 is 0 Å². The summed E-state index contributed by atoms with van der Waals surface area (Å²) < 4.78 is 0. The minimum Gasteiger partial charge on any atom is -0.377 e. The molecule has 0 amide bonds. The zero-order valence-corrected chi connectivity index (χ0v) is 9.01. The highest BCUT2D eigenvalue weighted by Gasteiger charge is 1.99. The lowest BCUT2D eigenvalue weighted by Crippen LogP contribution is -2.08. The molecule has 0 unspecified atom stereocenters. The Hall–Kier alpha value is -1.58. The highest BCUT2D eigenvalue weighted by Crippen LogP contribution is 2.24. The van der Waals surface area contributed by atoms with Crippen LogP contribution in [0.3, 0.4) is 0 Å². The van der Waals surface area contributed by atoms with Crippen LogP contribution in [0.5, 0.6) is 0 Å². The third-order valence-electron chi connectivity index (χ3n) is 2.25. The van der Waals surface area contributed by atoms with Gasteiger partial charge in [-0.05, 0) is 11.5 Å². The van der Waals surface area contributed by atoms with Crippen LogP contribution in [0.2, 0.25) is 0 Å². The Morgan fingerprint density at radius 1 is 0.933 bits per heavy atom. The summed E-state index contributed by atoms with van der Waals surface area (Å²) in [6.07, 6.45) is 0. The Labute approximate surface area is 89.7 Å². The number of hydrogen-bond acceptors (Lipinski definition) is 3. The molecule has 0 fully saturated rings. The molecule has 80 valence electrons. The molecule has 0 aliphatic rings. The van der Waals surface area contributed by atoms with Crippen LogP contribution in [-0.4, -0.2) is 19.3 Å². The van der Waals surface area contributed by atoms with Gasteiger partial charge in [0.15, 0.2) is 0 Å². The van der Waals surface area contributed by atoms with Crippen molar-refractivity contribution in [3.63, 3.8) is 0 Å². The van der Waals surface area contributed by atoms with Gasteiger partial charge in [0.25, 0.3) is 0 Å². The Bertz CT molecular complexity index is 421. The summed E-state index contributed by atoms with van der Waals surface area (Å²) in [6.45, 7) is 0. The monoisotopic (exact) mass is 204 g/mol. The molecule has 3 nitrogen and oxygen atoms in total. The SMILES string of the molecule is CN(C)c1cccc2ccccc12.NO. The van der Waals surface area contributed by atoms with Gasteiger partial charge in [0.1, 0.15) is 0 Å². The first kappa shape index (κ1) is 11.5. The van der Waals surface area contributed by atoms with Crippen molar-refractivity contribution in [3.8, 4) is 0 Å². The van der Waals surface area contributed by atoms with Crippen LogP contribution in [0.25, 0.3) is 10.8 Å². The largest absolute Gasteiger partial charge is 0.377 e. The van der Waals surface area contributed by atoms with Crippen LogP contribution in [0.15, 0.2) is 42.5 Å². The summed E-state index contributed by atoms with van der Waals surface area (Å²) in [7, 11) is 4.14. The van der Waals surface area contributed by atoms with E-state index in [1.807, 2.05) is 0 Å². The summed E-state index contributed by atoms with van der Waals surface area (Å²) >= 11 is 0. The Morgan fingerprint density at radius 2 is 1.53 bits per heavy atom. The van der Waals surface area contributed by atoms with Crippen molar-refractivity contribution < 1.29 is 5.21 Å². The Balaban J connectivity index is 0.000000531. The van der Waals surface area contributed by atoms with Gasteiger partial charge in [-0.1, -0.05) is 36.4 Å². The van der Waals surface area contributed by atoms with E-state index in [0.29, 0.717) is 0 Å². The third-order valence-corrected chi connectivity index (χ3v) is 2.25. The van der Waals surface area contributed by atoms with E-state index >= 15 is 0 Å². The van der Waals surface area contributed by atoms with Crippen molar-refractivity contribution in [2.75, 3.05) is 19.0 Å². The fraction of sp³-hybridized carbons (Fsp3) is 0.167. The van der Waals surface area contributed by atoms with Gasteiger partial charge in [0.2, 0.25) is 0 Å². The molecule has 0 aliphatic heterocycles.